The summed E-state index contributed by atoms with van der Waals surface area (Å²) in [6.45, 7) is 8.21. The van der Waals surface area contributed by atoms with E-state index in [9.17, 15) is 0 Å². The zero-order valence-corrected chi connectivity index (χ0v) is 10.7. The molecule has 94 valence electrons. The van der Waals surface area contributed by atoms with Crippen molar-refractivity contribution in [2.75, 3.05) is 39.9 Å². The molecule has 2 aliphatic rings. The van der Waals surface area contributed by atoms with Crippen molar-refractivity contribution in [3.05, 3.63) is 0 Å². The molecule has 0 aromatic carbocycles. The van der Waals surface area contributed by atoms with Crippen molar-refractivity contribution in [2.24, 2.45) is 11.8 Å². The predicted octanol–water partition coefficient (Wildman–Crippen LogP) is 1.34. The Kier molecular flexibility index (Phi) is 4.62. The molecule has 3 heteroatoms. The monoisotopic (exact) mass is 226 g/mol. The van der Waals surface area contributed by atoms with Crippen LogP contribution in [0.1, 0.15) is 26.2 Å². The quantitative estimate of drug-likeness (QED) is 0.783. The van der Waals surface area contributed by atoms with Crippen LogP contribution in [0, 0.1) is 11.8 Å². The van der Waals surface area contributed by atoms with E-state index in [1.54, 1.807) is 0 Å². The van der Waals surface area contributed by atoms with Crippen molar-refractivity contribution in [1.29, 1.82) is 0 Å². The molecule has 2 saturated heterocycles. The molecule has 0 aromatic rings. The molecule has 3 unspecified atom stereocenters. The van der Waals surface area contributed by atoms with Crippen LogP contribution in [-0.4, -0.2) is 50.8 Å². The Bertz CT molecular complexity index is 208. The highest BCUT2D eigenvalue weighted by Crippen LogP contribution is 2.25. The maximum Gasteiger partial charge on any atom is 0.0502 e. The zero-order chi connectivity index (χ0) is 11.4. The average Bonchev–Trinajstić information content (AvgIpc) is 2.78. The lowest BCUT2D eigenvalue weighted by atomic mass is 9.93. The van der Waals surface area contributed by atoms with Crippen molar-refractivity contribution >= 4 is 0 Å². The molecule has 2 heterocycles. The van der Waals surface area contributed by atoms with Crippen LogP contribution < -0.4 is 5.32 Å². The minimum absolute atomic E-state index is 0.761. The second-order valence-corrected chi connectivity index (χ2v) is 5.35. The van der Waals surface area contributed by atoms with Crippen LogP contribution in [0.3, 0.4) is 0 Å². The molecule has 1 N–H and O–H groups in total. The number of methoxy groups -OCH3 is 1. The third-order valence-electron chi connectivity index (χ3n) is 4.25. The molecular formula is C13H26N2O. The summed E-state index contributed by atoms with van der Waals surface area (Å²) in [6, 6.07) is 0.782. The van der Waals surface area contributed by atoms with E-state index in [2.05, 4.69) is 17.1 Å². The lowest BCUT2D eigenvalue weighted by Gasteiger charge is -2.38. The first-order chi connectivity index (χ1) is 7.85. The van der Waals surface area contributed by atoms with E-state index in [1.165, 1.54) is 45.4 Å². The second-order valence-electron chi connectivity index (χ2n) is 5.35. The second kappa shape index (κ2) is 5.99. The first-order valence-electron chi connectivity index (χ1n) is 6.78. The Labute approximate surface area is 99.5 Å². The number of hydrogen-bond acceptors (Lipinski definition) is 3. The van der Waals surface area contributed by atoms with E-state index in [0.717, 1.165) is 24.5 Å². The van der Waals surface area contributed by atoms with E-state index >= 15 is 0 Å². The SMILES string of the molecule is CCC1CNCC1N1CCCC(COC)C1. The van der Waals surface area contributed by atoms with Gasteiger partial charge in [-0.3, -0.25) is 4.90 Å². The van der Waals surface area contributed by atoms with E-state index in [1.807, 2.05) is 7.11 Å². The lowest BCUT2D eigenvalue weighted by molar-refractivity contribution is 0.0609. The van der Waals surface area contributed by atoms with Gasteiger partial charge in [-0.15, -0.1) is 0 Å². The molecular weight excluding hydrogens is 200 g/mol. The average molecular weight is 226 g/mol. The Morgan fingerprint density at radius 2 is 2.25 bits per heavy atom. The number of likely N-dealkylation sites (tertiary alicyclic amines) is 1. The minimum Gasteiger partial charge on any atom is -0.384 e. The molecule has 2 rings (SSSR count). The largest absolute Gasteiger partial charge is 0.384 e. The van der Waals surface area contributed by atoms with Crippen molar-refractivity contribution in [1.82, 2.24) is 10.2 Å². The smallest absolute Gasteiger partial charge is 0.0502 e. The molecule has 16 heavy (non-hydrogen) atoms. The standard InChI is InChI=1S/C13H26N2O/c1-3-12-7-14-8-13(12)15-6-4-5-11(9-15)10-16-2/h11-14H,3-10H2,1-2H3. The molecule has 0 bridgehead atoms. The first kappa shape index (κ1) is 12.3. The van der Waals surface area contributed by atoms with Gasteiger partial charge in [0.2, 0.25) is 0 Å². The fraction of sp³-hybridized carbons (Fsp3) is 1.00. The number of nitrogens with zero attached hydrogens (tertiary/aromatic N) is 1. The fourth-order valence-electron chi connectivity index (χ4n) is 3.33. The van der Waals surface area contributed by atoms with E-state index in [4.69, 9.17) is 4.74 Å². The van der Waals surface area contributed by atoms with Gasteiger partial charge in [-0.1, -0.05) is 13.3 Å². The summed E-state index contributed by atoms with van der Waals surface area (Å²) < 4.78 is 5.30. The predicted molar refractivity (Wildman–Crippen MR) is 66.6 cm³/mol. The van der Waals surface area contributed by atoms with Gasteiger partial charge in [-0.25, -0.2) is 0 Å². The van der Waals surface area contributed by atoms with Crippen LogP contribution in [0.25, 0.3) is 0 Å². The third kappa shape index (κ3) is 2.76. The van der Waals surface area contributed by atoms with Gasteiger partial charge in [0.05, 0.1) is 6.61 Å². The fourth-order valence-corrected chi connectivity index (χ4v) is 3.33. The normalized spacial score (nSPS) is 36.8. The van der Waals surface area contributed by atoms with Gasteiger partial charge in [-0.2, -0.15) is 0 Å². The summed E-state index contributed by atoms with van der Waals surface area (Å²) in [5.41, 5.74) is 0. The number of ether oxygens (including phenoxy) is 1. The third-order valence-corrected chi connectivity index (χ3v) is 4.25. The van der Waals surface area contributed by atoms with Gasteiger partial charge in [0.25, 0.3) is 0 Å². The van der Waals surface area contributed by atoms with Gasteiger partial charge in [0.1, 0.15) is 0 Å². The van der Waals surface area contributed by atoms with Crippen LogP contribution >= 0.6 is 0 Å². The van der Waals surface area contributed by atoms with Crippen molar-refractivity contribution in [3.8, 4) is 0 Å². The van der Waals surface area contributed by atoms with Gasteiger partial charge >= 0.3 is 0 Å². The summed E-state index contributed by atoms with van der Waals surface area (Å²) in [7, 11) is 1.82. The van der Waals surface area contributed by atoms with Crippen LogP contribution in [0.15, 0.2) is 0 Å². The number of nitrogens with one attached hydrogen (secondary N) is 1. The van der Waals surface area contributed by atoms with Crippen LogP contribution in [0.2, 0.25) is 0 Å². The molecule has 2 aliphatic heterocycles. The molecule has 3 nitrogen and oxygen atoms in total. The van der Waals surface area contributed by atoms with E-state index in [0.29, 0.717) is 0 Å². The van der Waals surface area contributed by atoms with E-state index < -0.39 is 0 Å². The summed E-state index contributed by atoms with van der Waals surface area (Å²) in [4.78, 5) is 2.71. The van der Waals surface area contributed by atoms with Gasteiger partial charge < -0.3 is 10.1 Å². The molecule has 3 atom stereocenters. The van der Waals surface area contributed by atoms with Gasteiger partial charge in [0.15, 0.2) is 0 Å². The first-order valence-corrected chi connectivity index (χ1v) is 6.78. The molecule has 2 fully saturated rings. The number of piperidine rings is 1. The van der Waals surface area contributed by atoms with Gasteiger partial charge in [0, 0.05) is 26.2 Å². The maximum absolute atomic E-state index is 5.30. The Hall–Kier alpha value is -0.120. The molecule has 0 radical (unpaired) electrons. The van der Waals surface area contributed by atoms with Crippen molar-refractivity contribution < 1.29 is 4.74 Å². The molecule has 0 saturated carbocycles. The zero-order valence-electron chi connectivity index (χ0n) is 10.7. The highest BCUT2D eigenvalue weighted by molar-refractivity contribution is 4.90. The maximum atomic E-state index is 5.30. The number of rotatable bonds is 4. The summed E-state index contributed by atoms with van der Waals surface area (Å²) in [6.07, 6.45) is 4.01. The summed E-state index contributed by atoms with van der Waals surface area (Å²) in [5, 5.41) is 3.54. The Morgan fingerprint density at radius 3 is 3.00 bits per heavy atom. The van der Waals surface area contributed by atoms with Crippen molar-refractivity contribution in [2.45, 2.75) is 32.2 Å². The Morgan fingerprint density at radius 1 is 1.38 bits per heavy atom. The molecule has 0 spiro atoms. The highest BCUT2D eigenvalue weighted by atomic mass is 16.5. The van der Waals surface area contributed by atoms with Crippen LogP contribution in [-0.2, 0) is 4.74 Å². The highest BCUT2D eigenvalue weighted by Gasteiger charge is 2.33. The molecule has 0 aliphatic carbocycles. The topological polar surface area (TPSA) is 24.5 Å². The number of hydrogen-bond donors (Lipinski definition) is 1. The molecule has 0 aromatic heterocycles. The van der Waals surface area contributed by atoms with Crippen LogP contribution in [0.5, 0.6) is 0 Å². The van der Waals surface area contributed by atoms with Crippen molar-refractivity contribution in [3.63, 3.8) is 0 Å². The summed E-state index contributed by atoms with van der Waals surface area (Å²) in [5.74, 6) is 1.62. The molecule has 0 amide bonds. The lowest BCUT2D eigenvalue weighted by Crippen LogP contribution is -2.47. The van der Waals surface area contributed by atoms with Gasteiger partial charge in [-0.05, 0) is 37.8 Å². The summed E-state index contributed by atoms with van der Waals surface area (Å²) >= 11 is 0. The van der Waals surface area contributed by atoms with E-state index in [-0.39, 0.29) is 0 Å². The van der Waals surface area contributed by atoms with Crippen LogP contribution in [0.4, 0.5) is 0 Å². The Balaban J connectivity index is 1.88. The minimum atomic E-state index is 0.761.